The Morgan fingerprint density at radius 3 is 2.83 bits per heavy atom. The monoisotopic (exact) mass is 335 g/mol. The lowest BCUT2D eigenvalue weighted by molar-refractivity contribution is 0.0509. The molecule has 23 heavy (non-hydrogen) atoms. The van der Waals surface area contributed by atoms with Gasteiger partial charge in [-0.3, -0.25) is 9.59 Å². The smallest absolute Gasteiger partial charge is 0.316 e. The number of rotatable bonds is 3. The van der Waals surface area contributed by atoms with E-state index in [0.717, 1.165) is 12.8 Å². The highest BCUT2D eigenvalue weighted by Gasteiger charge is 2.27. The van der Waals surface area contributed by atoms with Gasteiger partial charge in [0.25, 0.3) is 11.5 Å². The summed E-state index contributed by atoms with van der Waals surface area (Å²) in [5.41, 5.74) is -0.144. The van der Waals surface area contributed by atoms with Crippen LogP contribution in [0, 0.1) is 0 Å². The molecule has 1 fully saturated rings. The zero-order valence-electron chi connectivity index (χ0n) is 12.1. The molecular weight excluding hydrogens is 322 g/mol. The van der Waals surface area contributed by atoms with Crippen LogP contribution in [0.4, 0.5) is 0 Å². The van der Waals surface area contributed by atoms with Crippen LogP contribution in [-0.4, -0.2) is 50.2 Å². The molecule has 120 valence electrons. The van der Waals surface area contributed by atoms with Gasteiger partial charge in [0.1, 0.15) is 11.8 Å². The third-order valence-electron chi connectivity index (χ3n) is 3.43. The van der Waals surface area contributed by atoms with Crippen molar-refractivity contribution in [3.05, 3.63) is 45.6 Å². The average molecular weight is 336 g/mol. The maximum absolute atomic E-state index is 12.4. The summed E-state index contributed by atoms with van der Waals surface area (Å²) in [6, 6.07) is 2.92. The Labute approximate surface area is 136 Å². The Kier molecular flexibility index (Phi) is 4.52. The van der Waals surface area contributed by atoms with Crippen molar-refractivity contribution in [3.63, 3.8) is 0 Å². The Morgan fingerprint density at radius 1 is 1.35 bits per heavy atom. The molecule has 9 heteroatoms. The lowest BCUT2D eigenvalue weighted by atomic mass is 10.1. The molecule has 1 aliphatic rings. The van der Waals surface area contributed by atoms with Crippen molar-refractivity contribution in [1.29, 1.82) is 0 Å². The summed E-state index contributed by atoms with van der Waals surface area (Å²) in [6.45, 7) is 1.02. The normalized spacial score (nSPS) is 17.8. The lowest BCUT2D eigenvalue weighted by Gasteiger charge is -2.32. The Bertz CT molecular complexity index is 728. The topological polar surface area (TPSA) is 101 Å². The van der Waals surface area contributed by atoms with Crippen LogP contribution in [0.15, 0.2) is 29.3 Å². The molecule has 1 aliphatic heterocycles. The number of hydrogen-bond acceptors (Lipinski definition) is 6. The minimum absolute atomic E-state index is 0.198. The van der Waals surface area contributed by atoms with Gasteiger partial charge in [-0.05, 0) is 18.9 Å². The number of hydrogen-bond donors (Lipinski definition) is 1. The van der Waals surface area contributed by atoms with Crippen LogP contribution in [0.5, 0.6) is 6.01 Å². The number of halogens is 1. The Morgan fingerprint density at radius 2 is 2.13 bits per heavy atom. The molecule has 0 aliphatic carbocycles. The molecule has 2 aromatic heterocycles. The highest BCUT2D eigenvalue weighted by atomic mass is 35.5. The summed E-state index contributed by atoms with van der Waals surface area (Å²) in [5.74, 6) is -0.244. The average Bonchev–Trinajstić information content (AvgIpc) is 2.57. The quantitative estimate of drug-likeness (QED) is 0.894. The summed E-state index contributed by atoms with van der Waals surface area (Å²) in [4.78, 5) is 33.0. The number of carbonyl (C=O) groups is 1. The van der Waals surface area contributed by atoms with Crippen LogP contribution >= 0.6 is 11.6 Å². The Hall–Kier alpha value is -2.48. The summed E-state index contributed by atoms with van der Waals surface area (Å²) >= 11 is 5.73. The molecule has 0 aromatic carbocycles. The van der Waals surface area contributed by atoms with Crippen molar-refractivity contribution in [2.24, 2.45) is 0 Å². The molecule has 0 spiro atoms. The standard InChI is InChI=1S/C14H14ClN5O3/c15-9-6-16-14(17-7-9)23-10-2-1-5-20(8-10)13(22)11-3-4-12(21)19-18-11/h3-4,6-7,10H,1-2,5,8H2,(H,19,21). The second kappa shape index (κ2) is 6.74. The molecule has 2 aromatic rings. The van der Waals surface area contributed by atoms with E-state index in [9.17, 15) is 9.59 Å². The predicted octanol–water partition coefficient (Wildman–Crippen LogP) is 0.897. The van der Waals surface area contributed by atoms with E-state index in [2.05, 4.69) is 20.2 Å². The first kappa shape index (κ1) is 15.4. The van der Waals surface area contributed by atoms with Gasteiger partial charge >= 0.3 is 6.01 Å². The van der Waals surface area contributed by atoms with Crippen molar-refractivity contribution in [2.45, 2.75) is 18.9 Å². The maximum Gasteiger partial charge on any atom is 0.316 e. The molecule has 0 radical (unpaired) electrons. The summed E-state index contributed by atoms with van der Waals surface area (Å²) in [5, 5.41) is 6.45. The van der Waals surface area contributed by atoms with E-state index < -0.39 is 0 Å². The number of H-pyrrole nitrogens is 1. The lowest BCUT2D eigenvalue weighted by Crippen LogP contribution is -2.45. The minimum Gasteiger partial charge on any atom is -0.458 e. The van der Waals surface area contributed by atoms with Crippen LogP contribution in [-0.2, 0) is 0 Å². The molecule has 0 saturated carbocycles. The van der Waals surface area contributed by atoms with Crippen LogP contribution in [0.2, 0.25) is 5.02 Å². The Balaban J connectivity index is 1.65. The van der Waals surface area contributed by atoms with Crippen molar-refractivity contribution in [1.82, 2.24) is 25.1 Å². The second-order valence-corrected chi connectivity index (χ2v) is 5.56. The van der Waals surface area contributed by atoms with Crippen molar-refractivity contribution in [3.8, 4) is 6.01 Å². The molecule has 3 rings (SSSR count). The van der Waals surface area contributed by atoms with Crippen molar-refractivity contribution in [2.75, 3.05) is 13.1 Å². The molecule has 1 saturated heterocycles. The van der Waals surface area contributed by atoms with Gasteiger partial charge < -0.3 is 9.64 Å². The fourth-order valence-electron chi connectivity index (χ4n) is 2.35. The first-order chi connectivity index (χ1) is 11.1. The largest absolute Gasteiger partial charge is 0.458 e. The van der Waals surface area contributed by atoms with E-state index in [1.54, 1.807) is 4.90 Å². The summed E-state index contributed by atoms with van der Waals surface area (Å²) in [6.07, 6.45) is 4.32. The van der Waals surface area contributed by atoms with Crippen molar-refractivity contribution < 1.29 is 9.53 Å². The summed E-state index contributed by atoms with van der Waals surface area (Å²) in [7, 11) is 0. The van der Waals surface area contributed by atoms with E-state index in [1.807, 2.05) is 0 Å². The zero-order valence-corrected chi connectivity index (χ0v) is 12.9. The fourth-order valence-corrected chi connectivity index (χ4v) is 2.45. The van der Waals surface area contributed by atoms with Gasteiger partial charge in [0, 0.05) is 12.6 Å². The molecule has 3 heterocycles. The molecular formula is C14H14ClN5O3. The number of aromatic amines is 1. The van der Waals surface area contributed by atoms with E-state index in [-0.39, 0.29) is 29.3 Å². The van der Waals surface area contributed by atoms with Gasteiger partial charge in [0.15, 0.2) is 0 Å². The van der Waals surface area contributed by atoms with Gasteiger partial charge in [-0.1, -0.05) is 11.6 Å². The first-order valence-corrected chi connectivity index (χ1v) is 7.49. The van der Waals surface area contributed by atoms with Gasteiger partial charge in [-0.2, -0.15) is 5.10 Å². The fraction of sp³-hybridized carbons (Fsp3) is 0.357. The van der Waals surface area contributed by atoms with Crippen LogP contribution in [0.25, 0.3) is 0 Å². The van der Waals surface area contributed by atoms with Crippen LogP contribution in [0.1, 0.15) is 23.3 Å². The zero-order chi connectivity index (χ0) is 16.2. The number of piperidine rings is 1. The number of nitrogens with one attached hydrogen (secondary N) is 1. The highest BCUT2D eigenvalue weighted by Crippen LogP contribution is 2.17. The predicted molar refractivity (Wildman–Crippen MR) is 81.5 cm³/mol. The van der Waals surface area contributed by atoms with Crippen LogP contribution < -0.4 is 10.3 Å². The number of nitrogens with zero attached hydrogens (tertiary/aromatic N) is 4. The first-order valence-electron chi connectivity index (χ1n) is 7.11. The number of aromatic nitrogens is 4. The van der Waals surface area contributed by atoms with E-state index in [0.29, 0.717) is 18.1 Å². The molecule has 1 unspecified atom stereocenters. The number of ether oxygens (including phenoxy) is 1. The van der Waals surface area contributed by atoms with Crippen LogP contribution in [0.3, 0.4) is 0 Å². The maximum atomic E-state index is 12.4. The number of likely N-dealkylation sites (tertiary alicyclic amines) is 1. The third kappa shape index (κ3) is 3.84. The van der Waals surface area contributed by atoms with Crippen molar-refractivity contribution >= 4 is 17.5 Å². The SMILES string of the molecule is O=C(c1ccc(=O)[nH]n1)N1CCCC(Oc2ncc(Cl)cn2)C1. The van der Waals surface area contributed by atoms with Gasteiger partial charge in [-0.25, -0.2) is 15.1 Å². The molecule has 1 N–H and O–H groups in total. The number of carbonyl (C=O) groups excluding carboxylic acids is 1. The molecule has 1 atom stereocenters. The van der Waals surface area contributed by atoms with Gasteiger partial charge in [0.05, 0.1) is 24.0 Å². The molecule has 0 bridgehead atoms. The van der Waals surface area contributed by atoms with E-state index in [1.165, 1.54) is 24.5 Å². The molecule has 8 nitrogen and oxygen atoms in total. The van der Waals surface area contributed by atoms with E-state index >= 15 is 0 Å². The van der Waals surface area contributed by atoms with Gasteiger partial charge in [-0.15, -0.1) is 0 Å². The summed E-state index contributed by atoms with van der Waals surface area (Å²) < 4.78 is 5.69. The molecule has 1 amide bonds. The van der Waals surface area contributed by atoms with E-state index in [4.69, 9.17) is 16.3 Å². The minimum atomic E-state index is -0.346. The number of amides is 1. The highest BCUT2D eigenvalue weighted by molar-refractivity contribution is 6.30. The third-order valence-corrected chi connectivity index (χ3v) is 3.63. The second-order valence-electron chi connectivity index (χ2n) is 5.12. The van der Waals surface area contributed by atoms with Gasteiger partial charge in [0.2, 0.25) is 0 Å².